The molecule has 3 N–H and O–H groups in total. The van der Waals surface area contributed by atoms with E-state index >= 15 is 0 Å². The van der Waals surface area contributed by atoms with Gasteiger partial charge >= 0.3 is 58.7 Å². The van der Waals surface area contributed by atoms with Gasteiger partial charge < -0.3 is 16.5 Å². The van der Waals surface area contributed by atoms with E-state index in [1.807, 2.05) is 0 Å². The molecule has 15 heavy (non-hydrogen) atoms. The number of rotatable bonds is 0. The van der Waals surface area contributed by atoms with Crippen LogP contribution in [0.25, 0.3) is 10.8 Å². The quantitative estimate of drug-likeness (QED) is 0.454. The zero-order chi connectivity index (χ0) is 10.4. The molecule has 0 aliphatic carbocycles. The third-order valence-corrected chi connectivity index (χ3v) is 1.66. The molecule has 0 radical (unpaired) electrons. The van der Waals surface area contributed by atoms with E-state index in [1.54, 1.807) is 0 Å². The third-order valence-electron chi connectivity index (χ3n) is 1.66. The maximum atomic E-state index is 7.17. The Morgan fingerprint density at radius 3 is 1.13 bits per heavy atom. The second-order valence-electron chi connectivity index (χ2n) is 2.69. The van der Waals surface area contributed by atoms with Gasteiger partial charge in [-0.1, -0.05) is 48.5 Å². The van der Waals surface area contributed by atoms with E-state index in [9.17, 15) is 0 Å². The number of hydrogen-bond donors (Lipinski definition) is 3. The summed E-state index contributed by atoms with van der Waals surface area (Å²) in [6, 6.07) is 16.7. The van der Waals surface area contributed by atoms with Crippen LogP contribution in [0.15, 0.2) is 48.5 Å². The molecule has 3 nitrogen and oxygen atoms in total. The average Bonchev–Trinajstić information content (AvgIpc) is 2.17. The first-order valence-electron chi connectivity index (χ1n) is 4.18. The summed E-state index contributed by atoms with van der Waals surface area (Å²) in [5, 5.41) is 24.1. The minimum atomic E-state index is -2.17. The molecule has 0 saturated carbocycles. The maximum absolute atomic E-state index is 7.17. The molecule has 0 amide bonds. The van der Waals surface area contributed by atoms with Gasteiger partial charge in [0.15, 0.2) is 0 Å². The molecular formula is C10H12BKO3. The fourth-order valence-electron chi connectivity index (χ4n) is 1.13. The zero-order valence-corrected chi connectivity index (χ0v) is 11.7. The van der Waals surface area contributed by atoms with E-state index in [0.29, 0.717) is 0 Å². The van der Waals surface area contributed by atoms with E-state index in [2.05, 4.69) is 48.5 Å². The van der Waals surface area contributed by atoms with Crippen molar-refractivity contribution in [3.8, 4) is 0 Å². The fourth-order valence-corrected chi connectivity index (χ4v) is 1.13. The summed E-state index contributed by atoms with van der Waals surface area (Å²) in [5.41, 5.74) is 0. The van der Waals surface area contributed by atoms with Crippen LogP contribution in [0, 0.1) is 0 Å². The van der Waals surface area contributed by atoms with Crippen molar-refractivity contribution in [1.29, 1.82) is 0 Å². The SMILES string of the molecule is OB(O)O.[H-].[K+].c1ccc2ccccc2c1. The summed E-state index contributed by atoms with van der Waals surface area (Å²) >= 11 is 0. The zero-order valence-electron chi connectivity index (χ0n) is 9.54. The second-order valence-corrected chi connectivity index (χ2v) is 2.69. The molecule has 0 aliphatic rings. The van der Waals surface area contributed by atoms with E-state index in [-0.39, 0.29) is 52.8 Å². The standard InChI is InChI=1S/C10H8.BH3O3.K.H/c1-2-6-10-8-4-3-7-9(10)5-1;2-1(3)4;;/h1-8H;2-4H;;/q;;+1;-1. The third kappa shape index (κ3) is 6.45. The molecule has 0 atom stereocenters. The smallest absolute Gasteiger partial charge is 1.00 e. The van der Waals surface area contributed by atoms with E-state index < -0.39 is 7.32 Å². The summed E-state index contributed by atoms with van der Waals surface area (Å²) in [6.07, 6.45) is 0. The topological polar surface area (TPSA) is 60.7 Å². The van der Waals surface area contributed by atoms with Crippen molar-refractivity contribution >= 4 is 18.1 Å². The van der Waals surface area contributed by atoms with E-state index in [1.165, 1.54) is 10.8 Å². The molecule has 2 rings (SSSR count). The van der Waals surface area contributed by atoms with E-state index in [0.717, 1.165) is 0 Å². The van der Waals surface area contributed by atoms with Crippen molar-refractivity contribution < 1.29 is 67.9 Å². The van der Waals surface area contributed by atoms with Crippen LogP contribution in [0.1, 0.15) is 1.43 Å². The minimum absolute atomic E-state index is 0. The number of benzene rings is 2. The Hall–Kier alpha value is 0.281. The van der Waals surface area contributed by atoms with Crippen LogP contribution in [-0.4, -0.2) is 22.4 Å². The predicted octanol–water partition coefficient (Wildman–Crippen LogP) is -2.10. The van der Waals surface area contributed by atoms with Gasteiger partial charge in [-0.15, -0.1) is 0 Å². The van der Waals surface area contributed by atoms with Crippen molar-refractivity contribution in [3.63, 3.8) is 0 Å². The molecule has 0 heterocycles. The van der Waals surface area contributed by atoms with Crippen molar-refractivity contribution in [3.05, 3.63) is 48.5 Å². The molecule has 0 bridgehead atoms. The molecule has 0 saturated heterocycles. The van der Waals surface area contributed by atoms with Crippen LogP contribution < -0.4 is 51.4 Å². The van der Waals surface area contributed by atoms with Gasteiger partial charge in [0.2, 0.25) is 0 Å². The van der Waals surface area contributed by atoms with Crippen LogP contribution in [0.4, 0.5) is 0 Å². The van der Waals surface area contributed by atoms with Crippen LogP contribution in [0.2, 0.25) is 0 Å². The van der Waals surface area contributed by atoms with Crippen molar-refractivity contribution in [2.45, 2.75) is 0 Å². The first-order valence-corrected chi connectivity index (χ1v) is 4.18. The van der Waals surface area contributed by atoms with Gasteiger partial charge in [0.25, 0.3) is 0 Å². The van der Waals surface area contributed by atoms with Crippen molar-refractivity contribution in [2.75, 3.05) is 0 Å². The van der Waals surface area contributed by atoms with Crippen LogP contribution in [0.5, 0.6) is 0 Å². The van der Waals surface area contributed by atoms with Gasteiger partial charge in [-0.05, 0) is 10.8 Å². The Kier molecular flexibility index (Phi) is 8.59. The normalized spacial score (nSPS) is 8.47. The molecule has 2 aromatic carbocycles. The van der Waals surface area contributed by atoms with Crippen LogP contribution in [-0.2, 0) is 0 Å². The molecule has 0 aromatic heterocycles. The van der Waals surface area contributed by atoms with Gasteiger partial charge in [0.05, 0.1) is 0 Å². The Balaban J connectivity index is 0. The van der Waals surface area contributed by atoms with Gasteiger partial charge in [-0.3, -0.25) is 0 Å². The molecular weight excluding hydrogens is 218 g/mol. The van der Waals surface area contributed by atoms with Gasteiger partial charge in [0.1, 0.15) is 0 Å². The Bertz CT molecular complexity index is 332. The molecule has 2 aromatic rings. The molecule has 0 unspecified atom stereocenters. The molecule has 0 aliphatic heterocycles. The van der Waals surface area contributed by atoms with Crippen molar-refractivity contribution in [2.24, 2.45) is 0 Å². The Morgan fingerprint density at radius 2 is 0.933 bits per heavy atom. The van der Waals surface area contributed by atoms with Crippen molar-refractivity contribution in [1.82, 2.24) is 0 Å². The summed E-state index contributed by atoms with van der Waals surface area (Å²) < 4.78 is 0. The largest absolute Gasteiger partial charge is 1.00 e. The first kappa shape index (κ1) is 15.3. The maximum Gasteiger partial charge on any atom is 1.00 e. The van der Waals surface area contributed by atoms with Gasteiger partial charge in [-0.25, -0.2) is 0 Å². The number of fused-ring (bicyclic) bond motifs is 1. The van der Waals surface area contributed by atoms with Gasteiger partial charge in [-0.2, -0.15) is 0 Å². The fraction of sp³-hybridized carbons (Fsp3) is 0. The Labute approximate surface area is 133 Å². The van der Waals surface area contributed by atoms with E-state index in [4.69, 9.17) is 15.1 Å². The van der Waals surface area contributed by atoms with Gasteiger partial charge in [0, 0.05) is 0 Å². The van der Waals surface area contributed by atoms with Crippen LogP contribution in [0.3, 0.4) is 0 Å². The Morgan fingerprint density at radius 1 is 0.733 bits per heavy atom. The summed E-state index contributed by atoms with van der Waals surface area (Å²) in [5.74, 6) is 0. The molecule has 0 fully saturated rings. The molecule has 74 valence electrons. The predicted molar refractivity (Wildman–Crippen MR) is 57.5 cm³/mol. The summed E-state index contributed by atoms with van der Waals surface area (Å²) in [4.78, 5) is 0. The second kappa shape index (κ2) is 8.44. The summed E-state index contributed by atoms with van der Waals surface area (Å²) in [6.45, 7) is 0. The molecule has 5 heteroatoms. The monoisotopic (exact) mass is 230 g/mol. The number of hydrogen-bond acceptors (Lipinski definition) is 3. The van der Waals surface area contributed by atoms with Crippen LogP contribution >= 0.6 is 0 Å². The summed E-state index contributed by atoms with van der Waals surface area (Å²) in [7, 11) is -2.17. The molecule has 0 spiro atoms. The minimum Gasteiger partial charge on any atom is -1.00 e. The first-order chi connectivity index (χ1) is 6.70. The average molecular weight is 230 g/mol.